The Labute approximate surface area is 80.7 Å². The van der Waals surface area contributed by atoms with Gasteiger partial charge in [0.2, 0.25) is 0 Å². The topological polar surface area (TPSA) is 91.7 Å². The number of carbonyl (C=O) groups is 1. The van der Waals surface area contributed by atoms with Gasteiger partial charge in [-0.25, -0.2) is 4.79 Å². The normalized spacial score (nSPS) is 11.3. The Balaban J connectivity index is 3.61. The largest absolute Gasteiger partial charge is 0.478 e. The first-order chi connectivity index (χ1) is 6.34. The molecule has 5 nitrogen and oxygen atoms in total. The van der Waals surface area contributed by atoms with Gasteiger partial charge in [0, 0.05) is 0 Å². The van der Waals surface area contributed by atoms with Gasteiger partial charge in [-0.1, -0.05) is 12.1 Å². The van der Waals surface area contributed by atoms with Gasteiger partial charge in [-0.2, -0.15) is 8.42 Å². The number of carboxylic acid groups (broad SMARTS) is 1. The first kappa shape index (κ1) is 10.7. The summed E-state index contributed by atoms with van der Waals surface area (Å²) in [6.07, 6.45) is 0. The fourth-order valence-electron chi connectivity index (χ4n) is 1.13. The third-order valence-electron chi connectivity index (χ3n) is 1.73. The van der Waals surface area contributed by atoms with Gasteiger partial charge in [0.05, 0.1) is 5.56 Å². The first-order valence-corrected chi connectivity index (χ1v) is 5.08. The zero-order chi connectivity index (χ0) is 10.9. The minimum atomic E-state index is -4.48. The van der Waals surface area contributed by atoms with Crippen LogP contribution in [0.5, 0.6) is 0 Å². The van der Waals surface area contributed by atoms with E-state index < -0.39 is 26.5 Å². The summed E-state index contributed by atoms with van der Waals surface area (Å²) in [5, 5.41) is 8.73. The summed E-state index contributed by atoms with van der Waals surface area (Å²) in [6.45, 7) is 1.46. The lowest BCUT2D eigenvalue weighted by Crippen LogP contribution is -2.09. The van der Waals surface area contributed by atoms with Gasteiger partial charge < -0.3 is 5.11 Å². The number of aryl methyl sites for hydroxylation is 1. The molecule has 14 heavy (non-hydrogen) atoms. The molecule has 0 heterocycles. The third kappa shape index (κ3) is 1.91. The van der Waals surface area contributed by atoms with Crippen LogP contribution >= 0.6 is 0 Å². The Morgan fingerprint density at radius 3 is 2.29 bits per heavy atom. The van der Waals surface area contributed by atoms with Crippen LogP contribution in [0.3, 0.4) is 0 Å². The molecule has 0 unspecified atom stereocenters. The molecular formula is C8H8O5S. The second-order valence-electron chi connectivity index (χ2n) is 2.73. The van der Waals surface area contributed by atoms with Crippen molar-refractivity contribution in [1.29, 1.82) is 0 Å². The summed E-state index contributed by atoms with van der Waals surface area (Å²) in [5.41, 5.74) is -0.109. The first-order valence-electron chi connectivity index (χ1n) is 3.64. The lowest BCUT2D eigenvalue weighted by Gasteiger charge is -2.05. The molecule has 0 aliphatic rings. The highest BCUT2D eigenvalue weighted by atomic mass is 32.2. The van der Waals surface area contributed by atoms with Crippen LogP contribution in [0.15, 0.2) is 23.1 Å². The standard InChI is InChI=1S/C8H8O5S/c1-5-3-2-4-6(14(11,12)13)7(5)8(9)10/h2-4H,1H3,(H,9,10)(H,11,12,13). The number of hydrogen-bond acceptors (Lipinski definition) is 3. The van der Waals surface area contributed by atoms with E-state index in [1.54, 1.807) is 0 Å². The van der Waals surface area contributed by atoms with Gasteiger partial charge >= 0.3 is 5.97 Å². The summed E-state index contributed by atoms with van der Waals surface area (Å²) in [7, 11) is -4.48. The molecule has 1 rings (SSSR count). The highest BCUT2D eigenvalue weighted by Crippen LogP contribution is 2.18. The Morgan fingerprint density at radius 1 is 1.36 bits per heavy atom. The van der Waals surface area contributed by atoms with Crippen molar-refractivity contribution in [3.8, 4) is 0 Å². The lowest BCUT2D eigenvalue weighted by atomic mass is 10.1. The van der Waals surface area contributed by atoms with Gasteiger partial charge in [0.1, 0.15) is 4.90 Å². The van der Waals surface area contributed by atoms with E-state index in [1.165, 1.54) is 19.1 Å². The van der Waals surface area contributed by atoms with Crippen molar-refractivity contribution < 1.29 is 22.9 Å². The molecule has 6 heteroatoms. The smallest absolute Gasteiger partial charge is 0.337 e. The average molecular weight is 216 g/mol. The molecule has 0 spiro atoms. The maximum absolute atomic E-state index is 10.8. The molecule has 0 atom stereocenters. The Kier molecular flexibility index (Phi) is 2.59. The van der Waals surface area contributed by atoms with E-state index in [-0.39, 0.29) is 5.56 Å². The van der Waals surface area contributed by atoms with Crippen molar-refractivity contribution in [2.24, 2.45) is 0 Å². The maximum Gasteiger partial charge on any atom is 0.337 e. The van der Waals surface area contributed by atoms with Crippen molar-refractivity contribution >= 4 is 16.1 Å². The number of benzene rings is 1. The highest BCUT2D eigenvalue weighted by molar-refractivity contribution is 7.86. The van der Waals surface area contributed by atoms with E-state index in [0.717, 1.165) is 6.07 Å². The zero-order valence-corrected chi connectivity index (χ0v) is 8.08. The molecule has 0 bridgehead atoms. The summed E-state index contributed by atoms with van der Waals surface area (Å²) >= 11 is 0. The molecule has 0 saturated heterocycles. The fraction of sp³-hybridized carbons (Fsp3) is 0.125. The third-order valence-corrected chi connectivity index (χ3v) is 2.62. The molecule has 1 aromatic rings. The van der Waals surface area contributed by atoms with Crippen molar-refractivity contribution in [3.63, 3.8) is 0 Å². The van der Waals surface area contributed by atoms with Gasteiger partial charge in [-0.05, 0) is 18.6 Å². The van der Waals surface area contributed by atoms with Crippen LogP contribution < -0.4 is 0 Å². The molecular weight excluding hydrogens is 208 g/mol. The minimum Gasteiger partial charge on any atom is -0.478 e. The van der Waals surface area contributed by atoms with Crippen molar-refractivity contribution in [2.45, 2.75) is 11.8 Å². The van der Waals surface area contributed by atoms with E-state index >= 15 is 0 Å². The molecule has 0 radical (unpaired) electrons. The number of aromatic carboxylic acids is 1. The van der Waals surface area contributed by atoms with Crippen LogP contribution in [0.4, 0.5) is 0 Å². The van der Waals surface area contributed by atoms with Crippen LogP contribution in [-0.4, -0.2) is 24.0 Å². The predicted octanol–water partition coefficient (Wildman–Crippen LogP) is 0.940. The molecule has 1 aromatic carbocycles. The van der Waals surface area contributed by atoms with E-state index in [9.17, 15) is 13.2 Å². The van der Waals surface area contributed by atoms with Gasteiger partial charge in [0.15, 0.2) is 0 Å². The number of rotatable bonds is 2. The molecule has 0 amide bonds. The molecule has 0 aliphatic heterocycles. The Morgan fingerprint density at radius 2 is 1.93 bits per heavy atom. The summed E-state index contributed by atoms with van der Waals surface area (Å²) in [6, 6.07) is 3.87. The van der Waals surface area contributed by atoms with Crippen LogP contribution in [0.1, 0.15) is 15.9 Å². The summed E-state index contributed by atoms with van der Waals surface area (Å²) < 4.78 is 30.4. The fourth-order valence-corrected chi connectivity index (χ4v) is 1.89. The second kappa shape index (κ2) is 3.39. The molecule has 76 valence electrons. The molecule has 0 aromatic heterocycles. The molecule has 0 fully saturated rings. The highest BCUT2D eigenvalue weighted by Gasteiger charge is 2.21. The SMILES string of the molecule is Cc1cccc(S(=O)(=O)O)c1C(=O)O. The van der Waals surface area contributed by atoms with Crippen molar-refractivity contribution in [3.05, 3.63) is 29.3 Å². The monoisotopic (exact) mass is 216 g/mol. The molecule has 2 N–H and O–H groups in total. The van der Waals surface area contributed by atoms with E-state index in [1.807, 2.05) is 0 Å². The van der Waals surface area contributed by atoms with E-state index in [4.69, 9.17) is 9.66 Å². The second-order valence-corrected chi connectivity index (χ2v) is 4.12. The maximum atomic E-state index is 10.8. The van der Waals surface area contributed by atoms with E-state index in [0.29, 0.717) is 0 Å². The summed E-state index contributed by atoms with van der Waals surface area (Å²) in [5.74, 6) is -1.38. The average Bonchev–Trinajstić information content (AvgIpc) is 2.01. The van der Waals surface area contributed by atoms with Gasteiger partial charge in [0.25, 0.3) is 10.1 Å². The Bertz CT molecular complexity index is 475. The van der Waals surface area contributed by atoms with Crippen LogP contribution in [-0.2, 0) is 10.1 Å². The quantitative estimate of drug-likeness (QED) is 0.718. The predicted molar refractivity (Wildman–Crippen MR) is 48.0 cm³/mol. The minimum absolute atomic E-state index is 0.285. The van der Waals surface area contributed by atoms with Crippen LogP contribution in [0.2, 0.25) is 0 Å². The molecule has 0 saturated carbocycles. The lowest BCUT2D eigenvalue weighted by molar-refractivity contribution is 0.0691. The van der Waals surface area contributed by atoms with E-state index in [2.05, 4.69) is 0 Å². The summed E-state index contributed by atoms with van der Waals surface area (Å²) in [4.78, 5) is 10.1. The van der Waals surface area contributed by atoms with Crippen molar-refractivity contribution in [2.75, 3.05) is 0 Å². The van der Waals surface area contributed by atoms with Crippen molar-refractivity contribution in [1.82, 2.24) is 0 Å². The Hall–Kier alpha value is -1.40. The van der Waals surface area contributed by atoms with Crippen LogP contribution in [0.25, 0.3) is 0 Å². The number of carboxylic acids is 1. The van der Waals surface area contributed by atoms with Gasteiger partial charge in [-0.15, -0.1) is 0 Å². The zero-order valence-electron chi connectivity index (χ0n) is 7.26. The molecule has 0 aliphatic carbocycles. The van der Waals surface area contributed by atoms with Crippen LogP contribution in [0, 0.1) is 6.92 Å². The number of hydrogen-bond donors (Lipinski definition) is 2. The van der Waals surface area contributed by atoms with Gasteiger partial charge in [-0.3, -0.25) is 4.55 Å².